The fraction of sp³-hybridized carbons (Fsp3) is 0.286. The molecular weight excluding hydrogens is 275 g/mol. The van der Waals surface area contributed by atoms with Gasteiger partial charge in [-0.1, -0.05) is 23.9 Å². The van der Waals surface area contributed by atoms with Crippen molar-refractivity contribution in [3.05, 3.63) is 41.7 Å². The van der Waals surface area contributed by atoms with Gasteiger partial charge >= 0.3 is 0 Å². The van der Waals surface area contributed by atoms with Gasteiger partial charge in [0.25, 0.3) is 0 Å². The molecule has 1 aromatic heterocycles. The van der Waals surface area contributed by atoms with Gasteiger partial charge in [-0.15, -0.1) is 0 Å². The van der Waals surface area contributed by atoms with E-state index < -0.39 is 0 Å². The first-order chi connectivity index (χ1) is 9.71. The SMILES string of the molecule is CNc1cc(NCCc2cccc(F)c2)nc(SC)n1. The van der Waals surface area contributed by atoms with E-state index in [9.17, 15) is 4.39 Å². The largest absolute Gasteiger partial charge is 0.373 e. The van der Waals surface area contributed by atoms with Gasteiger partial charge in [0.05, 0.1) is 0 Å². The minimum Gasteiger partial charge on any atom is -0.373 e. The highest BCUT2D eigenvalue weighted by Gasteiger charge is 2.03. The Bertz CT molecular complexity index is 555. The number of benzene rings is 1. The van der Waals surface area contributed by atoms with E-state index in [2.05, 4.69) is 20.6 Å². The number of anilines is 2. The molecule has 0 fully saturated rings. The zero-order valence-electron chi connectivity index (χ0n) is 11.5. The Morgan fingerprint density at radius 3 is 2.70 bits per heavy atom. The molecule has 2 N–H and O–H groups in total. The molecule has 2 aromatic rings. The number of nitrogens with one attached hydrogen (secondary N) is 2. The van der Waals surface area contributed by atoms with Crippen molar-refractivity contribution in [1.82, 2.24) is 9.97 Å². The lowest BCUT2D eigenvalue weighted by molar-refractivity contribution is 0.625. The second-order valence-corrected chi connectivity index (χ2v) is 4.96. The number of hydrogen-bond acceptors (Lipinski definition) is 5. The summed E-state index contributed by atoms with van der Waals surface area (Å²) < 4.78 is 13.1. The average molecular weight is 292 g/mol. The molecule has 0 spiro atoms. The monoisotopic (exact) mass is 292 g/mol. The molecular formula is C14H17FN4S. The van der Waals surface area contributed by atoms with E-state index in [1.54, 1.807) is 12.1 Å². The van der Waals surface area contributed by atoms with E-state index in [0.29, 0.717) is 11.7 Å². The predicted molar refractivity (Wildman–Crippen MR) is 82.0 cm³/mol. The molecule has 0 atom stereocenters. The van der Waals surface area contributed by atoms with Crippen LogP contribution in [0.2, 0.25) is 0 Å². The summed E-state index contributed by atoms with van der Waals surface area (Å²) in [6, 6.07) is 8.49. The summed E-state index contributed by atoms with van der Waals surface area (Å²) in [6.07, 6.45) is 2.68. The van der Waals surface area contributed by atoms with Crippen molar-refractivity contribution in [3.8, 4) is 0 Å². The Morgan fingerprint density at radius 1 is 1.20 bits per heavy atom. The smallest absolute Gasteiger partial charge is 0.191 e. The Balaban J connectivity index is 1.96. The molecule has 106 valence electrons. The third kappa shape index (κ3) is 4.09. The van der Waals surface area contributed by atoms with Gasteiger partial charge in [0.1, 0.15) is 17.5 Å². The number of hydrogen-bond donors (Lipinski definition) is 2. The molecule has 0 bridgehead atoms. The van der Waals surface area contributed by atoms with Gasteiger partial charge < -0.3 is 10.6 Å². The third-order valence-corrected chi connectivity index (χ3v) is 3.30. The number of thioether (sulfide) groups is 1. The minimum absolute atomic E-state index is 0.202. The Kier molecular flexibility index (Phi) is 5.17. The fourth-order valence-electron chi connectivity index (χ4n) is 1.76. The van der Waals surface area contributed by atoms with Crippen molar-refractivity contribution in [2.45, 2.75) is 11.6 Å². The quantitative estimate of drug-likeness (QED) is 0.633. The van der Waals surface area contributed by atoms with Crippen molar-refractivity contribution in [3.63, 3.8) is 0 Å². The van der Waals surface area contributed by atoms with Gasteiger partial charge in [-0.3, -0.25) is 0 Å². The third-order valence-electron chi connectivity index (χ3n) is 2.75. The van der Waals surface area contributed by atoms with Gasteiger partial charge in [-0.25, -0.2) is 14.4 Å². The summed E-state index contributed by atoms with van der Waals surface area (Å²) in [5.74, 6) is 1.34. The van der Waals surface area contributed by atoms with E-state index in [4.69, 9.17) is 0 Å². The predicted octanol–water partition coefficient (Wildman–Crippen LogP) is 3.03. The molecule has 1 aromatic carbocycles. The molecule has 0 aliphatic heterocycles. The van der Waals surface area contributed by atoms with Gasteiger partial charge in [0.15, 0.2) is 5.16 Å². The molecule has 20 heavy (non-hydrogen) atoms. The first-order valence-electron chi connectivity index (χ1n) is 6.30. The zero-order valence-corrected chi connectivity index (χ0v) is 12.3. The van der Waals surface area contributed by atoms with Crippen molar-refractivity contribution in [2.24, 2.45) is 0 Å². The summed E-state index contributed by atoms with van der Waals surface area (Å²) in [5.41, 5.74) is 0.963. The van der Waals surface area contributed by atoms with Crippen LogP contribution in [0.3, 0.4) is 0 Å². The lowest BCUT2D eigenvalue weighted by Crippen LogP contribution is -2.08. The van der Waals surface area contributed by atoms with Crippen molar-refractivity contribution in [2.75, 3.05) is 30.5 Å². The highest BCUT2D eigenvalue weighted by molar-refractivity contribution is 7.98. The molecule has 0 aliphatic carbocycles. The van der Waals surface area contributed by atoms with Crippen LogP contribution in [0, 0.1) is 5.82 Å². The van der Waals surface area contributed by atoms with E-state index in [1.807, 2.05) is 25.4 Å². The van der Waals surface area contributed by atoms with Crippen LogP contribution in [0.15, 0.2) is 35.5 Å². The van der Waals surface area contributed by atoms with Gasteiger partial charge in [-0.2, -0.15) is 0 Å². The maximum Gasteiger partial charge on any atom is 0.191 e. The first kappa shape index (κ1) is 14.6. The normalized spacial score (nSPS) is 10.3. The Morgan fingerprint density at radius 2 is 2.00 bits per heavy atom. The number of aromatic nitrogens is 2. The van der Waals surface area contributed by atoms with Crippen LogP contribution in [0.4, 0.5) is 16.0 Å². The van der Waals surface area contributed by atoms with E-state index in [-0.39, 0.29) is 5.82 Å². The lowest BCUT2D eigenvalue weighted by Gasteiger charge is -2.09. The number of halogens is 1. The second-order valence-electron chi connectivity index (χ2n) is 4.18. The van der Waals surface area contributed by atoms with Crippen molar-refractivity contribution < 1.29 is 4.39 Å². The average Bonchev–Trinajstić information content (AvgIpc) is 2.47. The minimum atomic E-state index is -0.202. The number of nitrogens with zero attached hydrogens (tertiary/aromatic N) is 2. The standard InChI is InChI=1S/C14H17FN4S/c1-16-12-9-13(19-14(18-12)20-2)17-7-6-10-4-3-5-11(15)8-10/h3-5,8-9H,6-7H2,1-2H3,(H2,16,17,18,19). The van der Waals surface area contributed by atoms with Crippen molar-refractivity contribution in [1.29, 1.82) is 0 Å². The summed E-state index contributed by atoms with van der Waals surface area (Å²) in [4.78, 5) is 8.67. The Labute approximate surface area is 122 Å². The van der Waals surface area contributed by atoms with Crippen LogP contribution in [0.5, 0.6) is 0 Å². The van der Waals surface area contributed by atoms with Gasteiger partial charge in [0, 0.05) is 19.7 Å². The molecule has 0 unspecified atom stereocenters. The lowest BCUT2D eigenvalue weighted by atomic mass is 10.1. The summed E-state index contributed by atoms with van der Waals surface area (Å²) in [6.45, 7) is 0.692. The molecule has 6 heteroatoms. The Hall–Kier alpha value is -1.82. The highest BCUT2D eigenvalue weighted by atomic mass is 32.2. The summed E-state index contributed by atoms with van der Waals surface area (Å²) >= 11 is 1.49. The van der Waals surface area contributed by atoms with Gasteiger partial charge in [-0.05, 0) is 30.4 Å². The summed E-state index contributed by atoms with van der Waals surface area (Å²) in [5, 5.41) is 6.95. The molecule has 2 rings (SSSR count). The second kappa shape index (κ2) is 7.09. The van der Waals surface area contributed by atoms with Crippen LogP contribution in [0.1, 0.15) is 5.56 Å². The van der Waals surface area contributed by atoms with Crippen molar-refractivity contribution >= 4 is 23.4 Å². The van der Waals surface area contributed by atoms with Crippen LogP contribution in [-0.4, -0.2) is 29.8 Å². The van der Waals surface area contributed by atoms with Crippen LogP contribution >= 0.6 is 11.8 Å². The zero-order chi connectivity index (χ0) is 14.4. The van der Waals surface area contributed by atoms with E-state index >= 15 is 0 Å². The molecule has 1 heterocycles. The van der Waals surface area contributed by atoms with Crippen LogP contribution in [-0.2, 0) is 6.42 Å². The topological polar surface area (TPSA) is 49.8 Å². The van der Waals surface area contributed by atoms with E-state index in [0.717, 1.165) is 23.6 Å². The molecule has 0 aliphatic rings. The highest BCUT2D eigenvalue weighted by Crippen LogP contribution is 2.16. The molecule has 0 amide bonds. The molecule has 0 saturated carbocycles. The first-order valence-corrected chi connectivity index (χ1v) is 7.53. The van der Waals surface area contributed by atoms with Crippen LogP contribution < -0.4 is 10.6 Å². The molecule has 0 saturated heterocycles. The molecule has 0 radical (unpaired) electrons. The number of rotatable bonds is 6. The molecule has 4 nitrogen and oxygen atoms in total. The maximum atomic E-state index is 13.1. The maximum absolute atomic E-state index is 13.1. The fourth-order valence-corrected chi connectivity index (χ4v) is 2.14. The van der Waals surface area contributed by atoms with E-state index in [1.165, 1.54) is 17.8 Å². The summed E-state index contributed by atoms with van der Waals surface area (Å²) in [7, 11) is 1.82. The van der Waals surface area contributed by atoms with Crippen LogP contribution in [0.25, 0.3) is 0 Å². The van der Waals surface area contributed by atoms with Gasteiger partial charge in [0.2, 0.25) is 0 Å².